The Hall–Kier alpha value is -3.87. The lowest BCUT2D eigenvalue weighted by molar-refractivity contribution is -0.115. The van der Waals surface area contributed by atoms with Crippen LogP contribution in [0.1, 0.15) is 17.5 Å². The van der Waals surface area contributed by atoms with Crippen LogP contribution in [0.3, 0.4) is 0 Å². The highest BCUT2D eigenvalue weighted by Gasteiger charge is 2.17. The number of methoxy groups -OCH3 is 1. The van der Waals surface area contributed by atoms with E-state index < -0.39 is 0 Å². The van der Waals surface area contributed by atoms with Crippen LogP contribution in [-0.4, -0.2) is 28.7 Å². The van der Waals surface area contributed by atoms with Gasteiger partial charge in [-0.1, -0.05) is 53.0 Å². The van der Waals surface area contributed by atoms with Gasteiger partial charge in [0.2, 0.25) is 5.91 Å². The molecule has 0 radical (unpaired) electrons. The van der Waals surface area contributed by atoms with Crippen LogP contribution in [0.15, 0.2) is 83.2 Å². The van der Waals surface area contributed by atoms with Crippen LogP contribution < -0.4 is 10.1 Å². The molecule has 2 heterocycles. The summed E-state index contributed by atoms with van der Waals surface area (Å²) in [5.74, 6) is 0.985. The number of anilines is 1. The Bertz CT molecular complexity index is 1780. The van der Waals surface area contributed by atoms with Gasteiger partial charge in [0.05, 0.1) is 29.1 Å². The van der Waals surface area contributed by atoms with Crippen molar-refractivity contribution in [1.82, 2.24) is 9.97 Å². The average molecular weight is 632 g/mol. The van der Waals surface area contributed by atoms with E-state index in [0.717, 1.165) is 39.3 Å². The van der Waals surface area contributed by atoms with E-state index in [4.69, 9.17) is 32.9 Å². The highest BCUT2D eigenvalue weighted by molar-refractivity contribution is 7.99. The number of halogens is 2. The number of nitriles is 1. The minimum absolute atomic E-state index is 0.186. The van der Waals surface area contributed by atoms with Crippen molar-refractivity contribution < 1.29 is 9.53 Å². The molecule has 0 atom stereocenters. The van der Waals surface area contributed by atoms with Gasteiger partial charge in [0.15, 0.2) is 5.13 Å². The van der Waals surface area contributed by atoms with E-state index in [1.54, 1.807) is 25.3 Å². The molecule has 0 aliphatic carbocycles. The van der Waals surface area contributed by atoms with Crippen molar-refractivity contribution in [2.75, 3.05) is 18.2 Å². The summed E-state index contributed by atoms with van der Waals surface area (Å²) in [5, 5.41) is 16.9. The van der Waals surface area contributed by atoms with Crippen molar-refractivity contribution in [3.05, 3.63) is 99.3 Å². The molecule has 0 fully saturated rings. The molecule has 42 heavy (non-hydrogen) atoms. The van der Waals surface area contributed by atoms with Crippen molar-refractivity contribution in [2.45, 2.75) is 18.4 Å². The van der Waals surface area contributed by atoms with Crippen molar-refractivity contribution in [3.8, 4) is 45.5 Å². The number of nitrogens with one attached hydrogen (secondary N) is 1. The summed E-state index contributed by atoms with van der Waals surface area (Å²) in [6.45, 7) is 2.02. The van der Waals surface area contributed by atoms with Crippen molar-refractivity contribution >= 4 is 57.3 Å². The molecule has 0 unspecified atom stereocenters. The molecule has 0 saturated heterocycles. The van der Waals surface area contributed by atoms with Gasteiger partial charge in [-0.25, -0.2) is 9.97 Å². The van der Waals surface area contributed by atoms with Gasteiger partial charge in [0.1, 0.15) is 16.8 Å². The quantitative estimate of drug-likeness (QED) is 0.163. The summed E-state index contributed by atoms with van der Waals surface area (Å²) in [7, 11) is 1.62. The fourth-order valence-corrected chi connectivity index (χ4v) is 6.35. The maximum atomic E-state index is 12.8. The number of carbonyl (C=O) groups is 1. The fourth-order valence-electron chi connectivity index (χ4n) is 4.18. The Morgan fingerprint density at radius 3 is 2.40 bits per heavy atom. The van der Waals surface area contributed by atoms with Crippen LogP contribution in [0.25, 0.3) is 33.6 Å². The van der Waals surface area contributed by atoms with Gasteiger partial charge < -0.3 is 10.1 Å². The molecular weight excluding hydrogens is 607 g/mol. The van der Waals surface area contributed by atoms with Gasteiger partial charge in [-0.05, 0) is 61.0 Å². The van der Waals surface area contributed by atoms with Crippen LogP contribution in [-0.2, 0) is 4.79 Å². The number of thioether (sulfide) groups is 1. The second-order valence-electron chi connectivity index (χ2n) is 9.25. The predicted molar refractivity (Wildman–Crippen MR) is 173 cm³/mol. The second kappa shape index (κ2) is 13.4. The Morgan fingerprint density at radius 1 is 0.976 bits per heavy atom. The van der Waals surface area contributed by atoms with Crippen molar-refractivity contribution in [2.24, 2.45) is 0 Å². The lowest BCUT2D eigenvalue weighted by Crippen LogP contribution is -2.12. The van der Waals surface area contributed by atoms with Gasteiger partial charge in [0.25, 0.3) is 0 Å². The number of hydrogen-bond donors (Lipinski definition) is 1. The number of carbonyl (C=O) groups excluding carboxylic acids is 1. The molecule has 0 spiro atoms. The molecule has 2 aromatic heterocycles. The van der Waals surface area contributed by atoms with Crippen molar-refractivity contribution in [3.63, 3.8) is 0 Å². The number of thiazole rings is 1. The molecule has 0 bridgehead atoms. The highest BCUT2D eigenvalue weighted by atomic mass is 35.5. The number of amides is 1. The van der Waals surface area contributed by atoms with Crippen LogP contribution in [0.2, 0.25) is 10.0 Å². The summed E-state index contributed by atoms with van der Waals surface area (Å²) in [6, 6.07) is 25.2. The standard InChI is InChI=1S/C32H24Cl2N4O2S2/c1-19-3-5-20(6-4-19)25-16-28(21-7-10-23(40-2)11-8-21)36-31(26(25)17-35)41-14-13-30(39)38-32-37-29(18-42-32)24-12-9-22(33)15-27(24)34/h3-12,15-16,18H,13-14H2,1-2H3,(H,37,38,39). The summed E-state index contributed by atoms with van der Waals surface area (Å²) < 4.78 is 5.30. The number of pyridine rings is 1. The van der Waals surface area contributed by atoms with Gasteiger partial charge in [-0.15, -0.1) is 23.1 Å². The Balaban J connectivity index is 1.34. The largest absolute Gasteiger partial charge is 0.497 e. The minimum atomic E-state index is -0.186. The highest BCUT2D eigenvalue weighted by Crippen LogP contribution is 2.36. The molecule has 0 saturated carbocycles. The zero-order valence-electron chi connectivity index (χ0n) is 22.7. The minimum Gasteiger partial charge on any atom is -0.497 e. The molecule has 1 amide bonds. The molecule has 5 aromatic rings. The average Bonchev–Trinajstić information content (AvgIpc) is 3.45. The van der Waals surface area contributed by atoms with Gasteiger partial charge in [0, 0.05) is 39.3 Å². The predicted octanol–water partition coefficient (Wildman–Crippen LogP) is 9.16. The van der Waals surface area contributed by atoms with E-state index in [1.165, 1.54) is 23.1 Å². The molecule has 5 rings (SSSR count). The topological polar surface area (TPSA) is 87.9 Å². The first-order chi connectivity index (χ1) is 20.3. The van der Waals surface area contributed by atoms with E-state index in [0.29, 0.717) is 37.2 Å². The first-order valence-electron chi connectivity index (χ1n) is 12.8. The van der Waals surface area contributed by atoms with Crippen LogP contribution in [0.5, 0.6) is 5.75 Å². The SMILES string of the molecule is COc1ccc(-c2cc(-c3ccc(C)cc3)c(C#N)c(SCCC(=O)Nc3nc(-c4ccc(Cl)cc4Cl)cs3)n2)cc1. The summed E-state index contributed by atoms with van der Waals surface area (Å²) in [5.41, 5.74) is 6.36. The van der Waals surface area contributed by atoms with Crippen molar-refractivity contribution in [1.29, 1.82) is 5.26 Å². The first-order valence-corrected chi connectivity index (χ1v) is 15.5. The number of rotatable bonds is 9. The van der Waals surface area contributed by atoms with Gasteiger partial charge in [-0.3, -0.25) is 4.79 Å². The monoisotopic (exact) mass is 630 g/mol. The van der Waals surface area contributed by atoms with E-state index in [9.17, 15) is 10.1 Å². The summed E-state index contributed by atoms with van der Waals surface area (Å²) in [4.78, 5) is 22.1. The summed E-state index contributed by atoms with van der Waals surface area (Å²) in [6.07, 6.45) is 0.209. The Kier molecular flexibility index (Phi) is 9.45. The molecule has 3 aromatic carbocycles. The normalized spacial score (nSPS) is 10.7. The van der Waals surface area contributed by atoms with E-state index in [1.807, 2.05) is 66.9 Å². The molecule has 1 N–H and O–H groups in total. The molecule has 0 aliphatic heterocycles. The van der Waals surface area contributed by atoms with Crippen LogP contribution in [0.4, 0.5) is 5.13 Å². The Labute approximate surface area is 262 Å². The number of hydrogen-bond acceptors (Lipinski definition) is 7. The fraction of sp³-hybridized carbons (Fsp3) is 0.125. The molecule has 210 valence electrons. The van der Waals surface area contributed by atoms with Crippen LogP contribution >= 0.6 is 46.3 Å². The van der Waals surface area contributed by atoms with E-state index >= 15 is 0 Å². The molecule has 10 heteroatoms. The third kappa shape index (κ3) is 6.94. The zero-order chi connectivity index (χ0) is 29.6. The summed E-state index contributed by atoms with van der Waals surface area (Å²) >= 11 is 15.0. The van der Waals surface area contributed by atoms with Gasteiger partial charge >= 0.3 is 0 Å². The molecule has 6 nitrogen and oxygen atoms in total. The Morgan fingerprint density at radius 2 is 1.71 bits per heavy atom. The van der Waals surface area contributed by atoms with E-state index in [2.05, 4.69) is 16.4 Å². The van der Waals surface area contributed by atoms with E-state index in [-0.39, 0.29) is 12.3 Å². The number of nitrogens with zero attached hydrogens (tertiary/aromatic N) is 3. The third-order valence-electron chi connectivity index (χ3n) is 6.37. The number of aryl methyl sites for hydroxylation is 1. The van der Waals surface area contributed by atoms with Gasteiger partial charge in [-0.2, -0.15) is 5.26 Å². The maximum absolute atomic E-state index is 12.8. The van der Waals surface area contributed by atoms with Crippen LogP contribution in [0, 0.1) is 18.3 Å². The first kappa shape index (κ1) is 29.6. The number of ether oxygens (including phenoxy) is 1. The smallest absolute Gasteiger partial charge is 0.226 e. The molecule has 0 aliphatic rings. The number of benzene rings is 3. The third-order valence-corrected chi connectivity index (χ3v) is 8.65. The number of aromatic nitrogens is 2. The second-order valence-corrected chi connectivity index (χ2v) is 12.0. The lowest BCUT2D eigenvalue weighted by Gasteiger charge is -2.13. The zero-order valence-corrected chi connectivity index (χ0v) is 25.8. The lowest BCUT2D eigenvalue weighted by atomic mass is 9.98. The molecular formula is C32H24Cl2N4O2S2. The maximum Gasteiger partial charge on any atom is 0.226 e.